The van der Waals surface area contributed by atoms with Crippen LogP contribution in [0, 0.1) is 0 Å². The maximum atomic E-state index is 12.8. The molecule has 5 nitrogen and oxygen atoms in total. The number of aliphatic carboxylic acids is 1. The van der Waals surface area contributed by atoms with Crippen molar-refractivity contribution in [2.45, 2.75) is 115 Å². The molecule has 0 bridgehead atoms. The SMILES string of the molecule is CCCCCCCCCCCCSCCCOP(=O)(O)C(SCC(CCCC)c1ccccc1)C(=O)O. The summed E-state index contributed by atoms with van der Waals surface area (Å²) in [6, 6.07) is 9.99. The first-order valence-electron chi connectivity index (χ1n) is 14.4. The van der Waals surface area contributed by atoms with E-state index in [1.54, 1.807) is 0 Å². The zero-order valence-electron chi connectivity index (χ0n) is 23.2. The molecule has 0 radical (unpaired) electrons. The van der Waals surface area contributed by atoms with Gasteiger partial charge in [-0.2, -0.15) is 11.8 Å². The second kappa shape index (κ2) is 22.4. The van der Waals surface area contributed by atoms with Crippen molar-refractivity contribution in [3.05, 3.63) is 35.9 Å². The Morgan fingerprint density at radius 1 is 0.865 bits per heavy atom. The lowest BCUT2D eigenvalue weighted by Crippen LogP contribution is -2.20. The van der Waals surface area contributed by atoms with E-state index >= 15 is 0 Å². The number of carboxylic acids is 1. The van der Waals surface area contributed by atoms with Crippen LogP contribution in [0.15, 0.2) is 30.3 Å². The summed E-state index contributed by atoms with van der Waals surface area (Å²) in [6.07, 6.45) is 16.9. The molecule has 0 spiro atoms. The van der Waals surface area contributed by atoms with E-state index in [4.69, 9.17) is 4.52 Å². The number of carbonyl (C=O) groups is 1. The maximum absolute atomic E-state index is 12.8. The highest BCUT2D eigenvalue weighted by Gasteiger charge is 2.39. The largest absolute Gasteiger partial charge is 0.480 e. The molecule has 3 unspecified atom stereocenters. The summed E-state index contributed by atoms with van der Waals surface area (Å²) in [5.74, 6) is 1.29. The van der Waals surface area contributed by atoms with E-state index in [-0.39, 0.29) is 12.5 Å². The average molecular weight is 575 g/mol. The lowest BCUT2D eigenvalue weighted by molar-refractivity contribution is -0.135. The molecule has 2 N–H and O–H groups in total. The second-order valence-corrected chi connectivity index (χ2v) is 14.4. The minimum absolute atomic E-state index is 0.112. The molecule has 3 atom stereocenters. The van der Waals surface area contributed by atoms with Crippen molar-refractivity contribution in [1.29, 1.82) is 0 Å². The first-order chi connectivity index (χ1) is 17.9. The Balaban J connectivity index is 2.24. The van der Waals surface area contributed by atoms with Crippen molar-refractivity contribution in [2.75, 3.05) is 23.9 Å². The monoisotopic (exact) mass is 574 g/mol. The van der Waals surface area contributed by atoms with E-state index in [2.05, 4.69) is 13.8 Å². The Kier molecular flexibility index (Phi) is 20.9. The van der Waals surface area contributed by atoms with Gasteiger partial charge in [0.2, 0.25) is 4.99 Å². The van der Waals surface area contributed by atoms with Gasteiger partial charge < -0.3 is 14.5 Å². The summed E-state index contributed by atoms with van der Waals surface area (Å²) < 4.78 is 18.1. The smallest absolute Gasteiger partial charge is 0.352 e. The van der Waals surface area contributed by atoms with E-state index in [1.165, 1.54) is 64.2 Å². The third-order valence-corrected chi connectivity index (χ3v) is 11.4. The Hall–Kier alpha value is -0.460. The van der Waals surface area contributed by atoms with Crippen LogP contribution in [-0.4, -0.2) is 44.8 Å². The van der Waals surface area contributed by atoms with Gasteiger partial charge >= 0.3 is 13.6 Å². The van der Waals surface area contributed by atoms with Gasteiger partial charge in [0.15, 0.2) is 0 Å². The van der Waals surface area contributed by atoms with Gasteiger partial charge in [0.25, 0.3) is 0 Å². The summed E-state index contributed by atoms with van der Waals surface area (Å²) in [6.45, 7) is 4.49. The molecule has 0 saturated heterocycles. The number of thioether (sulfide) groups is 2. The zero-order valence-corrected chi connectivity index (χ0v) is 25.7. The fourth-order valence-electron chi connectivity index (χ4n) is 4.25. The van der Waals surface area contributed by atoms with Crippen LogP contribution in [-0.2, 0) is 13.9 Å². The normalized spacial score (nSPS) is 14.8. The van der Waals surface area contributed by atoms with Crippen molar-refractivity contribution in [3.63, 3.8) is 0 Å². The van der Waals surface area contributed by atoms with Gasteiger partial charge in [-0.05, 0) is 42.2 Å². The van der Waals surface area contributed by atoms with Crippen molar-refractivity contribution >= 4 is 37.1 Å². The Labute approximate surface area is 234 Å². The molecule has 0 fully saturated rings. The van der Waals surface area contributed by atoms with E-state index in [0.717, 1.165) is 48.1 Å². The fourth-order valence-corrected chi connectivity index (χ4v) is 8.10. The molecular formula is C29H51O5PS2. The molecule has 0 aliphatic rings. The molecular weight excluding hydrogens is 523 g/mol. The lowest BCUT2D eigenvalue weighted by Gasteiger charge is -2.22. The van der Waals surface area contributed by atoms with Crippen LogP contribution in [0.1, 0.15) is 115 Å². The molecule has 8 heteroatoms. The van der Waals surface area contributed by atoms with Crippen molar-refractivity contribution < 1.29 is 23.9 Å². The molecule has 1 aromatic rings. The van der Waals surface area contributed by atoms with Crippen LogP contribution >= 0.6 is 31.1 Å². The average Bonchev–Trinajstić information content (AvgIpc) is 2.88. The predicted molar refractivity (Wildman–Crippen MR) is 162 cm³/mol. The van der Waals surface area contributed by atoms with Crippen molar-refractivity contribution in [3.8, 4) is 0 Å². The number of hydrogen-bond acceptors (Lipinski definition) is 5. The minimum Gasteiger partial charge on any atom is -0.480 e. The first kappa shape index (κ1) is 34.6. The zero-order chi connectivity index (χ0) is 27.2. The number of benzene rings is 1. The van der Waals surface area contributed by atoms with Crippen molar-refractivity contribution in [2.24, 2.45) is 0 Å². The molecule has 0 aromatic heterocycles. The van der Waals surface area contributed by atoms with Gasteiger partial charge in [-0.15, -0.1) is 11.8 Å². The number of unbranched alkanes of at least 4 members (excludes halogenated alkanes) is 10. The van der Waals surface area contributed by atoms with Crippen LogP contribution < -0.4 is 0 Å². The number of hydrogen-bond donors (Lipinski definition) is 2. The third kappa shape index (κ3) is 17.0. The van der Waals surface area contributed by atoms with E-state index < -0.39 is 18.6 Å². The fraction of sp³-hybridized carbons (Fsp3) is 0.759. The number of rotatable bonds is 25. The Morgan fingerprint density at radius 3 is 2.03 bits per heavy atom. The molecule has 37 heavy (non-hydrogen) atoms. The van der Waals surface area contributed by atoms with E-state index in [9.17, 15) is 19.4 Å². The lowest BCUT2D eigenvalue weighted by atomic mass is 9.95. The van der Waals surface area contributed by atoms with Crippen molar-refractivity contribution in [1.82, 2.24) is 0 Å². The second-order valence-electron chi connectivity index (χ2n) is 9.82. The van der Waals surface area contributed by atoms with Crippen LogP contribution in [0.5, 0.6) is 0 Å². The first-order valence-corrected chi connectivity index (χ1v) is 18.2. The van der Waals surface area contributed by atoms with E-state index in [0.29, 0.717) is 12.2 Å². The predicted octanol–water partition coefficient (Wildman–Crippen LogP) is 9.35. The van der Waals surface area contributed by atoms with Gasteiger partial charge in [0, 0.05) is 5.75 Å². The van der Waals surface area contributed by atoms with Gasteiger partial charge in [-0.25, -0.2) is 0 Å². The van der Waals surface area contributed by atoms with Gasteiger partial charge in [0.05, 0.1) is 6.61 Å². The summed E-state index contributed by atoms with van der Waals surface area (Å²) >= 11 is 2.88. The van der Waals surface area contributed by atoms with Crippen LogP contribution in [0.4, 0.5) is 0 Å². The quantitative estimate of drug-likeness (QED) is 0.0889. The van der Waals surface area contributed by atoms with Gasteiger partial charge in [-0.3, -0.25) is 9.36 Å². The molecule has 0 amide bonds. The summed E-state index contributed by atoms with van der Waals surface area (Å²) in [5, 5.41) is 9.66. The summed E-state index contributed by atoms with van der Waals surface area (Å²) in [4.78, 5) is 20.8. The maximum Gasteiger partial charge on any atom is 0.352 e. The molecule has 0 aliphatic heterocycles. The number of carboxylic acid groups (broad SMARTS) is 1. The highest BCUT2D eigenvalue weighted by atomic mass is 32.2. The van der Waals surface area contributed by atoms with Crippen LogP contribution in [0.3, 0.4) is 0 Å². The molecule has 214 valence electrons. The van der Waals surface area contributed by atoms with Gasteiger partial charge in [0.1, 0.15) is 0 Å². The third-order valence-electron chi connectivity index (χ3n) is 6.49. The molecule has 0 aliphatic carbocycles. The molecule has 0 heterocycles. The molecule has 0 saturated carbocycles. The summed E-state index contributed by atoms with van der Waals surface area (Å²) in [5.41, 5.74) is 1.14. The summed E-state index contributed by atoms with van der Waals surface area (Å²) in [7, 11) is -4.26. The Morgan fingerprint density at radius 2 is 1.43 bits per heavy atom. The van der Waals surface area contributed by atoms with Crippen LogP contribution in [0.2, 0.25) is 0 Å². The standard InChI is InChI=1S/C29H51O5PS2/c1-3-5-7-8-9-10-11-12-13-17-23-36-24-18-22-34-35(32,33)29(28(30)31)37-25-27(19-6-4-2)26-20-15-14-16-21-26/h14-16,20-21,27,29H,3-13,17-19,22-25H2,1-2H3,(H,30,31)(H,32,33). The minimum atomic E-state index is -4.26. The molecule has 1 rings (SSSR count). The highest BCUT2D eigenvalue weighted by molar-refractivity contribution is 8.06. The van der Waals surface area contributed by atoms with Crippen LogP contribution in [0.25, 0.3) is 0 Å². The highest BCUT2D eigenvalue weighted by Crippen LogP contribution is 2.53. The topological polar surface area (TPSA) is 83.8 Å². The Bertz CT molecular complexity index is 734. The van der Waals surface area contributed by atoms with Gasteiger partial charge in [-0.1, -0.05) is 115 Å². The van der Waals surface area contributed by atoms with E-state index in [1.807, 2.05) is 42.1 Å². The molecule has 1 aromatic carbocycles.